The fraction of sp³-hybridized carbons (Fsp3) is 0.200. The Hall–Kier alpha value is -4.15. The van der Waals surface area contributed by atoms with Crippen molar-refractivity contribution in [2.75, 3.05) is 6.54 Å². The number of amides is 1. The summed E-state index contributed by atoms with van der Waals surface area (Å²) in [5, 5.41) is 26.5. The maximum absolute atomic E-state index is 13.2. The van der Waals surface area contributed by atoms with E-state index in [4.69, 9.17) is 4.52 Å². The average molecular weight is 426 g/mol. The van der Waals surface area contributed by atoms with E-state index in [-0.39, 0.29) is 30.0 Å². The lowest BCUT2D eigenvalue weighted by molar-refractivity contribution is -0.394. The van der Waals surface area contributed by atoms with Crippen LogP contribution in [0.1, 0.15) is 27.2 Å². The number of nitro groups is 2. The fourth-order valence-electron chi connectivity index (χ4n) is 3.60. The summed E-state index contributed by atoms with van der Waals surface area (Å²) in [4.78, 5) is 35.4. The molecule has 0 saturated carbocycles. The number of nitro benzene ring substituents is 2. The number of carbonyl (C=O) groups is 1. The van der Waals surface area contributed by atoms with E-state index in [1.165, 1.54) is 24.0 Å². The van der Waals surface area contributed by atoms with Crippen LogP contribution in [-0.4, -0.2) is 32.4 Å². The molecule has 2 heterocycles. The minimum Gasteiger partial charge on any atom is -0.356 e. The molecule has 0 bridgehead atoms. The first kappa shape index (κ1) is 20.1. The van der Waals surface area contributed by atoms with Gasteiger partial charge >= 0.3 is 0 Å². The summed E-state index contributed by atoms with van der Waals surface area (Å²) in [5.41, 5.74) is 0.882. The summed E-state index contributed by atoms with van der Waals surface area (Å²) >= 11 is 0. The van der Waals surface area contributed by atoms with Crippen molar-refractivity contribution in [2.45, 2.75) is 19.9 Å². The summed E-state index contributed by atoms with van der Waals surface area (Å²) in [7, 11) is 0. The van der Waals surface area contributed by atoms with E-state index in [1.54, 1.807) is 12.1 Å². The molecule has 0 atom stereocenters. The maximum atomic E-state index is 13.2. The number of fused-ring (bicyclic) bond motifs is 1. The average Bonchev–Trinajstić information content (AvgIpc) is 3.16. The number of non-ortho nitro benzene ring substituents is 1. The number of aromatic nitrogens is 1. The Morgan fingerprint density at radius 1 is 1.16 bits per heavy atom. The van der Waals surface area contributed by atoms with E-state index in [0.717, 1.165) is 17.7 Å². The Morgan fingerprint density at radius 2 is 1.87 bits per heavy atom. The molecule has 0 N–H and O–H groups in total. The summed E-state index contributed by atoms with van der Waals surface area (Å²) in [5.74, 6) is -0.458. The van der Waals surface area contributed by atoms with Gasteiger partial charge in [0.1, 0.15) is 11.5 Å². The number of hydrogen-bond donors (Lipinski definition) is 0. The molecule has 1 aromatic heterocycles. The third-order valence-corrected chi connectivity index (χ3v) is 5.24. The van der Waals surface area contributed by atoms with Crippen LogP contribution in [0.25, 0.3) is 11.3 Å². The SMILES string of the molecule is Cc1c(C(=O)N2CCc3c(noc3-c3ccc(F)cc3)C2)cc([N+](=O)[O-])cc1[N+](=O)[O-]. The van der Waals surface area contributed by atoms with Gasteiger partial charge in [-0.3, -0.25) is 25.0 Å². The highest BCUT2D eigenvalue weighted by atomic mass is 19.1. The molecule has 158 valence electrons. The summed E-state index contributed by atoms with van der Waals surface area (Å²) in [6, 6.07) is 7.64. The second kappa shape index (κ2) is 7.59. The molecule has 11 heteroatoms. The van der Waals surface area contributed by atoms with Crippen molar-refractivity contribution in [3.05, 3.63) is 84.8 Å². The molecule has 4 rings (SSSR count). The minimum atomic E-state index is -0.774. The maximum Gasteiger partial charge on any atom is 0.279 e. The van der Waals surface area contributed by atoms with Gasteiger partial charge in [-0.2, -0.15) is 0 Å². The lowest BCUT2D eigenvalue weighted by Gasteiger charge is -2.26. The molecular formula is C20H15FN4O6. The van der Waals surface area contributed by atoms with Gasteiger partial charge in [-0.15, -0.1) is 0 Å². The van der Waals surface area contributed by atoms with E-state index >= 15 is 0 Å². The van der Waals surface area contributed by atoms with Crippen molar-refractivity contribution in [3.8, 4) is 11.3 Å². The highest BCUT2D eigenvalue weighted by Crippen LogP contribution is 2.33. The van der Waals surface area contributed by atoms with Crippen LogP contribution in [0, 0.1) is 33.0 Å². The normalized spacial score (nSPS) is 13.0. The van der Waals surface area contributed by atoms with Gasteiger partial charge in [-0.25, -0.2) is 4.39 Å². The number of nitrogens with zero attached hydrogens (tertiary/aromatic N) is 4. The molecule has 0 fully saturated rings. The Bertz CT molecular complexity index is 1220. The van der Waals surface area contributed by atoms with Crippen LogP contribution in [0.5, 0.6) is 0 Å². The molecule has 1 aliphatic heterocycles. The second-order valence-corrected chi connectivity index (χ2v) is 7.07. The van der Waals surface area contributed by atoms with E-state index in [2.05, 4.69) is 5.16 Å². The molecule has 0 radical (unpaired) electrons. The first-order valence-electron chi connectivity index (χ1n) is 9.22. The first-order valence-corrected chi connectivity index (χ1v) is 9.22. The molecule has 0 saturated heterocycles. The fourth-order valence-corrected chi connectivity index (χ4v) is 3.60. The quantitative estimate of drug-likeness (QED) is 0.458. The third-order valence-electron chi connectivity index (χ3n) is 5.24. The molecule has 10 nitrogen and oxygen atoms in total. The summed E-state index contributed by atoms with van der Waals surface area (Å²) < 4.78 is 18.6. The molecule has 31 heavy (non-hydrogen) atoms. The molecule has 0 unspecified atom stereocenters. The number of carbonyl (C=O) groups excluding carboxylic acids is 1. The second-order valence-electron chi connectivity index (χ2n) is 7.07. The zero-order chi connectivity index (χ0) is 22.3. The molecule has 3 aromatic rings. The Labute approximate surface area is 174 Å². The largest absolute Gasteiger partial charge is 0.356 e. The Balaban J connectivity index is 1.65. The van der Waals surface area contributed by atoms with Crippen LogP contribution >= 0.6 is 0 Å². The number of halogens is 1. The van der Waals surface area contributed by atoms with Gasteiger partial charge in [0.25, 0.3) is 17.3 Å². The lowest BCUT2D eigenvalue weighted by Crippen LogP contribution is -2.36. The third kappa shape index (κ3) is 3.61. The van der Waals surface area contributed by atoms with Crippen molar-refractivity contribution in [3.63, 3.8) is 0 Å². The van der Waals surface area contributed by atoms with Crippen molar-refractivity contribution >= 4 is 17.3 Å². The summed E-state index contributed by atoms with van der Waals surface area (Å²) in [6.07, 6.45) is 0.396. The summed E-state index contributed by atoms with van der Waals surface area (Å²) in [6.45, 7) is 1.72. The number of benzene rings is 2. The molecule has 1 amide bonds. The van der Waals surface area contributed by atoms with Gasteiger partial charge < -0.3 is 9.42 Å². The van der Waals surface area contributed by atoms with Crippen LogP contribution in [-0.2, 0) is 13.0 Å². The predicted molar refractivity (Wildman–Crippen MR) is 105 cm³/mol. The first-order chi connectivity index (χ1) is 14.8. The van der Waals surface area contributed by atoms with Gasteiger partial charge in [0.2, 0.25) is 0 Å². The molecule has 1 aliphatic rings. The van der Waals surface area contributed by atoms with Crippen LogP contribution < -0.4 is 0 Å². The molecule has 2 aromatic carbocycles. The van der Waals surface area contributed by atoms with Crippen molar-refractivity contribution in [1.82, 2.24) is 10.1 Å². The lowest BCUT2D eigenvalue weighted by atomic mass is 9.99. The smallest absolute Gasteiger partial charge is 0.279 e. The number of rotatable bonds is 4. The van der Waals surface area contributed by atoms with E-state index in [0.29, 0.717) is 23.4 Å². The van der Waals surface area contributed by atoms with Crippen LogP contribution in [0.15, 0.2) is 40.9 Å². The zero-order valence-electron chi connectivity index (χ0n) is 16.2. The van der Waals surface area contributed by atoms with E-state index < -0.39 is 27.1 Å². The number of hydrogen-bond acceptors (Lipinski definition) is 7. The van der Waals surface area contributed by atoms with Crippen molar-refractivity contribution in [1.29, 1.82) is 0 Å². The molecular weight excluding hydrogens is 411 g/mol. The van der Waals surface area contributed by atoms with Crippen LogP contribution in [0.3, 0.4) is 0 Å². The standard InChI is InChI=1S/C20H15FN4O6/c1-11-16(8-14(24(27)28)9-18(11)25(29)30)20(26)23-7-6-15-17(10-23)22-31-19(15)12-2-4-13(21)5-3-12/h2-5,8-9H,6-7,10H2,1H3. The van der Waals surface area contributed by atoms with Gasteiger partial charge in [0.15, 0.2) is 5.76 Å². The monoisotopic (exact) mass is 426 g/mol. The minimum absolute atomic E-state index is 0.0542. The Kier molecular flexibility index (Phi) is 4.93. The highest BCUT2D eigenvalue weighted by molar-refractivity contribution is 5.97. The van der Waals surface area contributed by atoms with Crippen LogP contribution in [0.4, 0.5) is 15.8 Å². The van der Waals surface area contributed by atoms with Crippen LogP contribution in [0.2, 0.25) is 0 Å². The van der Waals surface area contributed by atoms with Gasteiger partial charge in [-0.1, -0.05) is 5.16 Å². The van der Waals surface area contributed by atoms with E-state index in [1.807, 2.05) is 0 Å². The van der Waals surface area contributed by atoms with Gasteiger partial charge in [0.05, 0.1) is 28.0 Å². The Morgan fingerprint density at radius 3 is 2.52 bits per heavy atom. The zero-order valence-corrected chi connectivity index (χ0v) is 16.2. The van der Waals surface area contributed by atoms with Gasteiger partial charge in [0, 0.05) is 29.3 Å². The van der Waals surface area contributed by atoms with E-state index in [9.17, 15) is 29.4 Å². The highest BCUT2D eigenvalue weighted by Gasteiger charge is 2.31. The predicted octanol–water partition coefficient (Wildman–Crippen LogP) is 3.80. The topological polar surface area (TPSA) is 133 Å². The van der Waals surface area contributed by atoms with Gasteiger partial charge in [-0.05, 0) is 37.6 Å². The molecule has 0 spiro atoms. The van der Waals surface area contributed by atoms with Crippen molar-refractivity contribution in [2.24, 2.45) is 0 Å². The molecule has 0 aliphatic carbocycles. The van der Waals surface area contributed by atoms with Crippen molar-refractivity contribution < 1.29 is 23.6 Å².